The third kappa shape index (κ3) is 2.34. The Balaban J connectivity index is 2.07. The zero-order chi connectivity index (χ0) is 11.7. The van der Waals surface area contributed by atoms with Gasteiger partial charge in [0.2, 0.25) is 0 Å². The van der Waals surface area contributed by atoms with E-state index in [4.69, 9.17) is 11.6 Å². The Morgan fingerprint density at radius 2 is 2.31 bits per heavy atom. The van der Waals surface area contributed by atoms with E-state index in [9.17, 15) is 0 Å². The second-order valence-corrected chi connectivity index (χ2v) is 5.77. The van der Waals surface area contributed by atoms with E-state index in [-0.39, 0.29) is 0 Å². The topological polar surface area (TPSA) is 19.4 Å². The summed E-state index contributed by atoms with van der Waals surface area (Å²) < 4.78 is 0. The van der Waals surface area contributed by atoms with Gasteiger partial charge in [0.15, 0.2) is 5.13 Å². The van der Waals surface area contributed by atoms with Crippen LogP contribution in [0.1, 0.15) is 12.6 Å². The third-order valence-electron chi connectivity index (χ3n) is 3.18. The summed E-state index contributed by atoms with van der Waals surface area (Å²) in [5.41, 5.74) is 0.989. The first-order chi connectivity index (χ1) is 7.61. The molecule has 90 valence electrons. The number of thiazole rings is 1. The largest absolute Gasteiger partial charge is 0.346 e. The van der Waals surface area contributed by atoms with Crippen LogP contribution in [-0.2, 0) is 5.88 Å². The molecular weight excluding hydrogens is 242 g/mol. The molecule has 0 bridgehead atoms. The van der Waals surface area contributed by atoms with Crippen molar-refractivity contribution in [1.82, 2.24) is 9.88 Å². The molecule has 0 N–H and O–H groups in total. The lowest BCUT2D eigenvalue weighted by Crippen LogP contribution is -2.34. The van der Waals surface area contributed by atoms with Crippen molar-refractivity contribution in [3.63, 3.8) is 0 Å². The molecule has 2 rings (SSSR count). The van der Waals surface area contributed by atoms with Gasteiger partial charge in [0.25, 0.3) is 0 Å². The lowest BCUT2D eigenvalue weighted by atomic mass is 10.1. The molecule has 5 heteroatoms. The van der Waals surface area contributed by atoms with Crippen molar-refractivity contribution < 1.29 is 0 Å². The van der Waals surface area contributed by atoms with E-state index >= 15 is 0 Å². The summed E-state index contributed by atoms with van der Waals surface area (Å²) in [7, 11) is 4.30. The Hall–Kier alpha value is -0.320. The standard InChI is InChI=1S/C11H18ClN3S/c1-8-5-15(6-10(8)14(2)3)11-13-9(4-12)7-16-11/h7-8,10H,4-6H2,1-3H3. The van der Waals surface area contributed by atoms with Crippen molar-refractivity contribution in [2.75, 3.05) is 32.1 Å². The van der Waals surface area contributed by atoms with Crippen molar-refractivity contribution >= 4 is 28.1 Å². The maximum Gasteiger partial charge on any atom is 0.185 e. The molecule has 1 saturated heterocycles. The molecule has 2 atom stereocenters. The fraction of sp³-hybridized carbons (Fsp3) is 0.727. The first kappa shape index (κ1) is 12.1. The van der Waals surface area contributed by atoms with Gasteiger partial charge in [-0.3, -0.25) is 0 Å². The molecule has 0 saturated carbocycles. The van der Waals surface area contributed by atoms with Gasteiger partial charge in [-0.15, -0.1) is 22.9 Å². The van der Waals surface area contributed by atoms with Gasteiger partial charge in [-0.1, -0.05) is 6.92 Å². The highest BCUT2D eigenvalue weighted by atomic mass is 35.5. The summed E-state index contributed by atoms with van der Waals surface area (Å²) in [5.74, 6) is 1.20. The highest BCUT2D eigenvalue weighted by molar-refractivity contribution is 7.13. The van der Waals surface area contributed by atoms with Gasteiger partial charge in [-0.25, -0.2) is 4.98 Å². The van der Waals surface area contributed by atoms with E-state index < -0.39 is 0 Å². The average Bonchev–Trinajstić information content (AvgIpc) is 2.83. The highest BCUT2D eigenvalue weighted by Gasteiger charge is 2.32. The number of aromatic nitrogens is 1. The zero-order valence-electron chi connectivity index (χ0n) is 9.98. The van der Waals surface area contributed by atoms with Gasteiger partial charge in [0, 0.05) is 24.5 Å². The Bertz CT molecular complexity index is 353. The van der Waals surface area contributed by atoms with Crippen LogP contribution >= 0.6 is 22.9 Å². The molecule has 1 aromatic heterocycles. The zero-order valence-corrected chi connectivity index (χ0v) is 11.6. The van der Waals surface area contributed by atoms with Crippen molar-refractivity contribution in [2.24, 2.45) is 5.92 Å². The lowest BCUT2D eigenvalue weighted by Gasteiger charge is -2.22. The summed E-state index contributed by atoms with van der Waals surface area (Å²) in [6.07, 6.45) is 0. The second kappa shape index (κ2) is 4.90. The van der Waals surface area contributed by atoms with Crippen molar-refractivity contribution in [3.8, 4) is 0 Å². The summed E-state index contributed by atoms with van der Waals surface area (Å²) in [6.45, 7) is 4.47. The molecule has 2 heterocycles. The summed E-state index contributed by atoms with van der Waals surface area (Å²) >= 11 is 7.47. The van der Waals surface area contributed by atoms with Crippen LogP contribution in [0.3, 0.4) is 0 Å². The number of rotatable bonds is 3. The van der Waals surface area contributed by atoms with E-state index in [0.29, 0.717) is 17.8 Å². The van der Waals surface area contributed by atoms with E-state index in [1.807, 2.05) is 0 Å². The first-order valence-corrected chi connectivity index (χ1v) is 6.95. The predicted octanol–water partition coefficient (Wildman–Crippen LogP) is 2.27. The average molecular weight is 260 g/mol. The summed E-state index contributed by atoms with van der Waals surface area (Å²) in [6, 6.07) is 0.628. The Morgan fingerprint density at radius 3 is 2.81 bits per heavy atom. The van der Waals surface area contributed by atoms with Crippen LogP contribution in [0.2, 0.25) is 0 Å². The molecule has 1 aliphatic heterocycles. The number of likely N-dealkylation sites (N-methyl/N-ethyl adjacent to an activating group) is 1. The predicted molar refractivity (Wildman–Crippen MR) is 70.5 cm³/mol. The van der Waals surface area contributed by atoms with Crippen molar-refractivity contribution in [3.05, 3.63) is 11.1 Å². The van der Waals surface area contributed by atoms with E-state index in [0.717, 1.165) is 23.9 Å². The number of nitrogens with zero attached hydrogens (tertiary/aromatic N) is 3. The number of hydrogen-bond donors (Lipinski definition) is 0. The minimum atomic E-state index is 0.511. The molecule has 0 spiro atoms. The van der Waals surface area contributed by atoms with Crippen LogP contribution in [0.15, 0.2) is 5.38 Å². The number of halogens is 1. The fourth-order valence-corrected chi connectivity index (χ4v) is 3.35. The Morgan fingerprint density at radius 1 is 1.56 bits per heavy atom. The van der Waals surface area contributed by atoms with Crippen LogP contribution in [0.25, 0.3) is 0 Å². The molecule has 1 fully saturated rings. The Labute approximate surface area is 106 Å². The van der Waals surface area contributed by atoms with E-state index in [1.54, 1.807) is 11.3 Å². The van der Waals surface area contributed by atoms with Crippen LogP contribution in [-0.4, -0.2) is 43.1 Å². The molecule has 0 radical (unpaired) electrons. The summed E-state index contributed by atoms with van der Waals surface area (Å²) in [4.78, 5) is 9.21. The highest BCUT2D eigenvalue weighted by Crippen LogP contribution is 2.28. The molecule has 0 aliphatic carbocycles. The van der Waals surface area contributed by atoms with Gasteiger partial charge < -0.3 is 9.80 Å². The monoisotopic (exact) mass is 259 g/mol. The van der Waals surface area contributed by atoms with E-state index in [2.05, 4.69) is 41.2 Å². The van der Waals surface area contributed by atoms with Gasteiger partial charge in [-0.2, -0.15) is 0 Å². The van der Waals surface area contributed by atoms with Crippen LogP contribution < -0.4 is 4.90 Å². The molecule has 16 heavy (non-hydrogen) atoms. The normalized spacial score (nSPS) is 25.7. The SMILES string of the molecule is CC1CN(c2nc(CCl)cs2)CC1N(C)C. The maximum absolute atomic E-state index is 5.77. The minimum Gasteiger partial charge on any atom is -0.346 e. The Kier molecular flexibility index (Phi) is 3.72. The van der Waals surface area contributed by atoms with Gasteiger partial charge in [-0.05, 0) is 20.0 Å². The smallest absolute Gasteiger partial charge is 0.185 e. The van der Waals surface area contributed by atoms with Crippen molar-refractivity contribution in [2.45, 2.75) is 18.8 Å². The van der Waals surface area contributed by atoms with Gasteiger partial charge in [0.05, 0.1) is 11.6 Å². The summed E-state index contributed by atoms with van der Waals surface area (Å²) in [5, 5.41) is 3.17. The van der Waals surface area contributed by atoms with Crippen LogP contribution in [0, 0.1) is 5.92 Å². The molecule has 0 amide bonds. The van der Waals surface area contributed by atoms with E-state index in [1.165, 1.54) is 0 Å². The van der Waals surface area contributed by atoms with Crippen LogP contribution in [0.4, 0.5) is 5.13 Å². The quantitative estimate of drug-likeness (QED) is 0.777. The molecular formula is C11H18ClN3S. The lowest BCUT2D eigenvalue weighted by molar-refractivity contribution is 0.266. The second-order valence-electron chi connectivity index (χ2n) is 4.67. The fourth-order valence-electron chi connectivity index (χ4n) is 2.28. The molecule has 2 unspecified atom stereocenters. The molecule has 3 nitrogen and oxygen atoms in total. The van der Waals surface area contributed by atoms with Gasteiger partial charge >= 0.3 is 0 Å². The number of alkyl halides is 1. The van der Waals surface area contributed by atoms with Crippen LogP contribution in [0.5, 0.6) is 0 Å². The first-order valence-electron chi connectivity index (χ1n) is 5.53. The molecule has 1 aliphatic rings. The number of anilines is 1. The molecule has 0 aromatic carbocycles. The third-order valence-corrected chi connectivity index (χ3v) is 4.41. The van der Waals surface area contributed by atoms with Crippen molar-refractivity contribution in [1.29, 1.82) is 0 Å². The molecule has 1 aromatic rings. The number of hydrogen-bond acceptors (Lipinski definition) is 4. The maximum atomic E-state index is 5.77. The van der Waals surface area contributed by atoms with Gasteiger partial charge in [0.1, 0.15) is 0 Å². The minimum absolute atomic E-state index is 0.511.